The Morgan fingerprint density at radius 1 is 0.792 bits per heavy atom. The summed E-state index contributed by atoms with van der Waals surface area (Å²) in [5, 5.41) is 7.04. The molecule has 244 valence electrons. The molecule has 0 aliphatic carbocycles. The number of aryl methyl sites for hydroxylation is 2. The molecule has 4 aromatic carbocycles. The molecule has 3 heterocycles. The Morgan fingerprint density at radius 2 is 1.54 bits per heavy atom. The zero-order chi connectivity index (χ0) is 32.2. The van der Waals surface area contributed by atoms with Crippen LogP contribution in [0.5, 0.6) is 11.5 Å². The van der Waals surface area contributed by atoms with Gasteiger partial charge >= 0.3 is 21.1 Å². The predicted molar refractivity (Wildman–Crippen MR) is 194 cm³/mol. The van der Waals surface area contributed by atoms with E-state index in [2.05, 4.69) is 97.6 Å². The van der Waals surface area contributed by atoms with E-state index in [1.54, 1.807) is 11.8 Å². The van der Waals surface area contributed by atoms with Gasteiger partial charge in [-0.2, -0.15) is 17.2 Å². The minimum absolute atomic E-state index is 0. The first kappa shape index (κ1) is 33.8. The molecule has 0 unspecified atom stereocenters. The summed E-state index contributed by atoms with van der Waals surface area (Å²) >= 11 is 1.70. The van der Waals surface area contributed by atoms with Crippen molar-refractivity contribution < 1.29 is 25.8 Å². The topological polar surface area (TPSA) is 44.9 Å². The normalized spacial score (nSPS) is 11.2. The molecule has 48 heavy (non-hydrogen) atoms. The van der Waals surface area contributed by atoms with Gasteiger partial charge in [0.2, 0.25) is 0 Å². The van der Waals surface area contributed by atoms with Gasteiger partial charge < -0.3 is 9.30 Å². The van der Waals surface area contributed by atoms with E-state index in [1.807, 2.05) is 47.4 Å². The third kappa shape index (κ3) is 6.88. The zero-order valence-electron chi connectivity index (χ0n) is 27.5. The van der Waals surface area contributed by atoms with Crippen molar-refractivity contribution >= 4 is 33.6 Å². The van der Waals surface area contributed by atoms with Crippen molar-refractivity contribution in [2.45, 2.75) is 57.3 Å². The van der Waals surface area contributed by atoms with E-state index in [0.29, 0.717) is 11.5 Å². The molecule has 0 atom stereocenters. The third-order valence-electron chi connectivity index (χ3n) is 8.67. The average molecular weight is 830 g/mol. The van der Waals surface area contributed by atoms with E-state index < -0.39 is 0 Å². The quantitative estimate of drug-likeness (QED) is 0.0909. The Hall–Kier alpha value is -4.12. The van der Waals surface area contributed by atoms with Gasteiger partial charge in [0.1, 0.15) is 5.82 Å². The molecule has 0 aliphatic rings. The van der Waals surface area contributed by atoms with Gasteiger partial charge in [-0.15, -0.1) is 47.5 Å². The van der Waals surface area contributed by atoms with Crippen molar-refractivity contribution in [1.29, 1.82) is 0 Å². The summed E-state index contributed by atoms with van der Waals surface area (Å²) in [4.78, 5) is 5.88. The van der Waals surface area contributed by atoms with Gasteiger partial charge in [0.05, 0.1) is 6.20 Å². The fourth-order valence-corrected chi connectivity index (χ4v) is 6.75. The summed E-state index contributed by atoms with van der Waals surface area (Å²) in [7, 11) is 0. The Bertz CT molecular complexity index is 2140. The monoisotopic (exact) mass is 829 g/mol. The number of ether oxygens (including phenoxy) is 1. The van der Waals surface area contributed by atoms with Crippen LogP contribution in [0.2, 0.25) is 0 Å². The molecule has 0 N–H and O–H groups in total. The summed E-state index contributed by atoms with van der Waals surface area (Å²) < 4.78 is 10.5. The number of hydrogen-bond donors (Lipinski definition) is 0. The SMILES string of the molecule is CCCCc1cccc(CCCC)c1-c1cnn(-c2[c-]c(Oc3[c-]c4c(cc3)c3ccccc3n4-c3cc(SC)ccn3)ccc2)c1.[Pt+2]. The number of unbranched alkanes of at least 4 members (excludes halogenated alkanes) is 2. The minimum atomic E-state index is 0. The molecule has 7 heteroatoms. The molecule has 5 nitrogen and oxygen atoms in total. The molecule has 0 saturated carbocycles. The van der Waals surface area contributed by atoms with Crippen molar-refractivity contribution in [3.8, 4) is 34.1 Å². The van der Waals surface area contributed by atoms with Crippen molar-refractivity contribution in [3.63, 3.8) is 0 Å². The molecule has 0 fully saturated rings. The fourth-order valence-electron chi connectivity index (χ4n) is 6.33. The first-order valence-electron chi connectivity index (χ1n) is 16.5. The van der Waals surface area contributed by atoms with Crippen molar-refractivity contribution in [2.24, 2.45) is 0 Å². The smallest absolute Gasteiger partial charge is 0.509 e. The Balaban J connectivity index is 0.00000401. The largest absolute Gasteiger partial charge is 2.00 e. The second-order valence-corrected chi connectivity index (χ2v) is 12.7. The summed E-state index contributed by atoms with van der Waals surface area (Å²) in [5.74, 6) is 2.07. The molecular formula is C41H38N4OPtS. The molecule has 0 radical (unpaired) electrons. The predicted octanol–water partition coefficient (Wildman–Crippen LogP) is 10.8. The van der Waals surface area contributed by atoms with E-state index in [0.717, 1.165) is 56.6 Å². The van der Waals surface area contributed by atoms with Crippen LogP contribution in [0.15, 0.2) is 108 Å². The molecule has 0 saturated heterocycles. The fraction of sp³-hybridized carbons (Fsp3) is 0.220. The minimum Gasteiger partial charge on any atom is -0.509 e. The Morgan fingerprint density at radius 3 is 2.31 bits per heavy atom. The van der Waals surface area contributed by atoms with Gasteiger partial charge in [-0.1, -0.05) is 68.6 Å². The number of hydrogen-bond acceptors (Lipinski definition) is 4. The molecule has 0 spiro atoms. The molecule has 0 aliphatic heterocycles. The van der Waals surface area contributed by atoms with Crippen LogP contribution in [0.3, 0.4) is 0 Å². The second-order valence-electron chi connectivity index (χ2n) is 11.8. The Kier molecular flexibility index (Phi) is 10.8. The molecule has 7 rings (SSSR count). The first-order chi connectivity index (χ1) is 23.2. The maximum Gasteiger partial charge on any atom is 2.00 e. The maximum absolute atomic E-state index is 6.41. The van der Waals surface area contributed by atoms with Crippen LogP contribution in [-0.4, -0.2) is 25.6 Å². The molecule has 3 aromatic heterocycles. The number of fused-ring (bicyclic) bond motifs is 3. The van der Waals surface area contributed by atoms with Crippen molar-refractivity contribution in [3.05, 3.63) is 127 Å². The van der Waals surface area contributed by atoms with Crippen molar-refractivity contribution in [2.75, 3.05) is 6.26 Å². The van der Waals surface area contributed by atoms with E-state index in [4.69, 9.17) is 14.8 Å². The summed E-state index contributed by atoms with van der Waals surface area (Å²) in [6, 6.07) is 36.3. The van der Waals surface area contributed by atoms with Crippen LogP contribution in [0.25, 0.3) is 44.4 Å². The zero-order valence-corrected chi connectivity index (χ0v) is 30.6. The van der Waals surface area contributed by atoms with Gasteiger partial charge in [-0.05, 0) is 77.9 Å². The number of para-hydroxylation sites is 1. The van der Waals surface area contributed by atoms with Crippen LogP contribution in [0.1, 0.15) is 50.7 Å². The van der Waals surface area contributed by atoms with Crippen LogP contribution in [0.4, 0.5) is 0 Å². The van der Waals surface area contributed by atoms with Crippen LogP contribution in [0, 0.1) is 12.1 Å². The summed E-state index contributed by atoms with van der Waals surface area (Å²) in [6.07, 6.45) is 14.9. The van der Waals surface area contributed by atoms with Gasteiger partial charge in [-0.25, -0.2) is 4.98 Å². The number of rotatable bonds is 12. The molecular weight excluding hydrogens is 792 g/mol. The van der Waals surface area contributed by atoms with E-state index in [-0.39, 0.29) is 21.1 Å². The van der Waals surface area contributed by atoms with Crippen LogP contribution < -0.4 is 4.74 Å². The van der Waals surface area contributed by atoms with Crippen LogP contribution >= 0.6 is 11.8 Å². The summed E-state index contributed by atoms with van der Waals surface area (Å²) in [6.45, 7) is 4.50. The maximum atomic E-state index is 6.41. The molecule has 0 amide bonds. The van der Waals surface area contributed by atoms with Gasteiger partial charge in [0.15, 0.2) is 0 Å². The van der Waals surface area contributed by atoms with E-state index in [9.17, 15) is 0 Å². The van der Waals surface area contributed by atoms with Crippen LogP contribution in [-0.2, 0) is 33.9 Å². The number of thioether (sulfide) groups is 1. The summed E-state index contributed by atoms with van der Waals surface area (Å²) in [5.41, 5.74) is 8.11. The van der Waals surface area contributed by atoms with Gasteiger partial charge in [-0.3, -0.25) is 4.68 Å². The molecule has 7 aromatic rings. The second kappa shape index (κ2) is 15.4. The third-order valence-corrected chi connectivity index (χ3v) is 9.39. The van der Waals surface area contributed by atoms with Gasteiger partial charge in [0.25, 0.3) is 0 Å². The number of pyridine rings is 1. The number of nitrogens with zero attached hydrogens (tertiary/aromatic N) is 4. The average Bonchev–Trinajstić information content (AvgIpc) is 3.73. The standard InChI is InChI=1S/C41H38N4OS.Pt/c1-4-6-12-29-14-10-15-30(13-7-5-2)41(29)31-27-43-44(28-31)32-16-11-17-33(24-32)46-34-20-21-37-36-18-8-9-19-38(36)45(39(37)25-34)40-26-35(47-3)22-23-42-40;/h8-11,14-23,26-28H,4-7,12-13H2,1-3H3;/q-2;+2. The molecule has 0 bridgehead atoms. The number of benzene rings is 4. The van der Waals surface area contributed by atoms with Gasteiger partial charge in [0, 0.05) is 39.9 Å². The van der Waals surface area contributed by atoms with E-state index >= 15 is 0 Å². The van der Waals surface area contributed by atoms with E-state index in [1.165, 1.54) is 42.4 Å². The first-order valence-corrected chi connectivity index (χ1v) is 17.7. The van der Waals surface area contributed by atoms with Crippen molar-refractivity contribution in [1.82, 2.24) is 19.3 Å². The number of aromatic nitrogens is 4. The Labute approximate surface area is 301 Å².